The van der Waals surface area contributed by atoms with Gasteiger partial charge in [-0.15, -0.1) is 0 Å². The highest BCUT2D eigenvalue weighted by molar-refractivity contribution is 6.32. The van der Waals surface area contributed by atoms with E-state index in [1.165, 1.54) is 24.3 Å². The molecule has 1 aromatic rings. The lowest BCUT2D eigenvalue weighted by molar-refractivity contribution is -0.117. The van der Waals surface area contributed by atoms with Crippen LogP contribution < -0.4 is 5.32 Å². The third-order valence-corrected chi connectivity index (χ3v) is 2.43. The number of nitrogens with one attached hydrogen (secondary N) is 1. The van der Waals surface area contributed by atoms with Gasteiger partial charge >= 0.3 is 0 Å². The molecule has 1 rings (SSSR count). The van der Waals surface area contributed by atoms with Gasteiger partial charge in [-0.1, -0.05) is 17.7 Å². The summed E-state index contributed by atoms with van der Waals surface area (Å²) in [6.07, 6.45) is 2.48. The van der Waals surface area contributed by atoms with Gasteiger partial charge in [0.15, 0.2) is 0 Å². The molecule has 0 spiro atoms. The van der Waals surface area contributed by atoms with Crippen molar-refractivity contribution in [3.8, 4) is 0 Å². The van der Waals surface area contributed by atoms with E-state index < -0.39 is 17.3 Å². The Kier molecular flexibility index (Phi) is 4.87. The summed E-state index contributed by atoms with van der Waals surface area (Å²) >= 11 is 5.80. The molecular formula is C13H15ClFNO2. The number of carbonyl (C=O) groups excluding carboxylic acids is 1. The predicted molar refractivity (Wildman–Crippen MR) is 69.8 cm³/mol. The zero-order valence-corrected chi connectivity index (χ0v) is 11.0. The number of benzene rings is 1. The average Bonchev–Trinajstić information content (AvgIpc) is 2.25. The first-order valence-corrected chi connectivity index (χ1v) is 5.80. The summed E-state index contributed by atoms with van der Waals surface area (Å²) in [5.41, 5.74) is -0.823. The van der Waals surface area contributed by atoms with Gasteiger partial charge in [0, 0.05) is 18.2 Å². The van der Waals surface area contributed by atoms with Crippen LogP contribution in [0.5, 0.6) is 0 Å². The van der Waals surface area contributed by atoms with E-state index in [4.69, 9.17) is 11.6 Å². The Morgan fingerprint density at radius 2 is 2.22 bits per heavy atom. The minimum absolute atomic E-state index is 0.112. The van der Waals surface area contributed by atoms with Crippen LogP contribution in [0.3, 0.4) is 0 Å². The molecule has 0 radical (unpaired) electrons. The van der Waals surface area contributed by atoms with Crippen LogP contribution in [-0.2, 0) is 4.79 Å². The zero-order chi connectivity index (χ0) is 13.8. The van der Waals surface area contributed by atoms with E-state index in [1.54, 1.807) is 19.9 Å². The summed E-state index contributed by atoms with van der Waals surface area (Å²) in [7, 11) is 0. The van der Waals surface area contributed by atoms with Gasteiger partial charge in [-0.3, -0.25) is 4.79 Å². The average molecular weight is 272 g/mol. The third kappa shape index (κ3) is 4.85. The van der Waals surface area contributed by atoms with Gasteiger partial charge in [0.1, 0.15) is 5.82 Å². The largest absolute Gasteiger partial charge is 0.389 e. The van der Waals surface area contributed by atoms with Gasteiger partial charge in [0.05, 0.1) is 10.6 Å². The van der Waals surface area contributed by atoms with Crippen LogP contribution in [0.15, 0.2) is 24.3 Å². The maximum atomic E-state index is 13.4. The van der Waals surface area contributed by atoms with Crippen LogP contribution in [0.2, 0.25) is 5.02 Å². The molecule has 5 heteroatoms. The minimum atomic E-state index is -0.987. The second kappa shape index (κ2) is 5.98. The highest BCUT2D eigenvalue weighted by atomic mass is 35.5. The fourth-order valence-electron chi connectivity index (χ4n) is 1.19. The first-order chi connectivity index (χ1) is 8.29. The van der Waals surface area contributed by atoms with Gasteiger partial charge in [0.2, 0.25) is 5.91 Å². The molecule has 0 aliphatic carbocycles. The molecule has 0 fully saturated rings. The van der Waals surface area contributed by atoms with Crippen LogP contribution >= 0.6 is 11.6 Å². The molecule has 0 aliphatic heterocycles. The lowest BCUT2D eigenvalue weighted by atomic mass is 10.1. The van der Waals surface area contributed by atoms with Crippen molar-refractivity contribution in [3.63, 3.8) is 0 Å². The molecule has 98 valence electrons. The smallest absolute Gasteiger partial charge is 0.244 e. The molecule has 0 saturated heterocycles. The predicted octanol–water partition coefficient (Wildman–Crippen LogP) is 2.38. The molecule has 0 bridgehead atoms. The summed E-state index contributed by atoms with van der Waals surface area (Å²) < 4.78 is 13.4. The van der Waals surface area contributed by atoms with Gasteiger partial charge in [0.25, 0.3) is 0 Å². The SMILES string of the molecule is CC(C)(O)CNC(=O)C=Cc1c(F)cccc1Cl. The monoisotopic (exact) mass is 271 g/mol. The standard InChI is InChI=1S/C13H15ClFNO2/c1-13(2,18)8-16-12(17)7-6-9-10(14)4-3-5-11(9)15/h3-7,18H,8H2,1-2H3,(H,16,17). The number of hydrogen-bond acceptors (Lipinski definition) is 2. The fourth-order valence-corrected chi connectivity index (χ4v) is 1.42. The maximum Gasteiger partial charge on any atom is 0.244 e. The van der Waals surface area contributed by atoms with Crippen LogP contribution in [0.25, 0.3) is 6.08 Å². The van der Waals surface area contributed by atoms with Crippen molar-refractivity contribution in [1.29, 1.82) is 0 Å². The molecule has 0 aromatic heterocycles. The second-order valence-electron chi connectivity index (χ2n) is 4.50. The Balaban J connectivity index is 2.67. The summed E-state index contributed by atoms with van der Waals surface area (Å²) in [6.45, 7) is 3.26. The number of rotatable bonds is 4. The second-order valence-corrected chi connectivity index (χ2v) is 4.91. The summed E-state index contributed by atoms with van der Waals surface area (Å²) in [4.78, 5) is 11.4. The van der Waals surface area contributed by atoms with E-state index in [0.717, 1.165) is 0 Å². The number of halogens is 2. The molecule has 0 aliphatic rings. The highest BCUT2D eigenvalue weighted by Crippen LogP contribution is 2.20. The van der Waals surface area contributed by atoms with Crippen molar-refractivity contribution in [2.45, 2.75) is 19.4 Å². The molecular weight excluding hydrogens is 257 g/mol. The normalized spacial score (nSPS) is 11.8. The van der Waals surface area contributed by atoms with E-state index in [1.807, 2.05) is 0 Å². The molecule has 0 atom stereocenters. The molecule has 1 aromatic carbocycles. The van der Waals surface area contributed by atoms with Crippen LogP contribution in [0, 0.1) is 5.82 Å². The van der Waals surface area contributed by atoms with E-state index in [2.05, 4.69) is 5.32 Å². The summed E-state index contributed by atoms with van der Waals surface area (Å²) in [6, 6.07) is 4.29. The van der Waals surface area contributed by atoms with Crippen molar-refractivity contribution < 1.29 is 14.3 Å². The molecule has 0 saturated carbocycles. The Hall–Kier alpha value is -1.39. The quantitative estimate of drug-likeness (QED) is 0.826. The molecule has 3 nitrogen and oxygen atoms in total. The maximum absolute atomic E-state index is 13.4. The van der Waals surface area contributed by atoms with Crippen molar-refractivity contribution >= 4 is 23.6 Å². The first-order valence-electron chi connectivity index (χ1n) is 5.42. The molecule has 0 heterocycles. The van der Waals surface area contributed by atoms with Gasteiger partial charge in [-0.2, -0.15) is 0 Å². The van der Waals surface area contributed by atoms with E-state index in [-0.39, 0.29) is 17.1 Å². The number of aliphatic hydroxyl groups is 1. The van der Waals surface area contributed by atoms with Gasteiger partial charge in [-0.25, -0.2) is 4.39 Å². The van der Waals surface area contributed by atoms with Gasteiger partial charge < -0.3 is 10.4 Å². The fraction of sp³-hybridized carbons (Fsp3) is 0.308. The van der Waals surface area contributed by atoms with Crippen molar-refractivity contribution in [3.05, 3.63) is 40.7 Å². The van der Waals surface area contributed by atoms with Crippen molar-refractivity contribution in [2.24, 2.45) is 0 Å². The Bertz CT molecular complexity index is 446. The Morgan fingerprint density at radius 3 is 2.78 bits per heavy atom. The van der Waals surface area contributed by atoms with E-state index >= 15 is 0 Å². The minimum Gasteiger partial charge on any atom is -0.389 e. The zero-order valence-electron chi connectivity index (χ0n) is 10.2. The number of hydrogen-bond donors (Lipinski definition) is 2. The topological polar surface area (TPSA) is 49.3 Å². The lowest BCUT2D eigenvalue weighted by Crippen LogP contribution is -2.37. The summed E-state index contributed by atoms with van der Waals surface area (Å²) in [5.74, 6) is -0.912. The van der Waals surface area contributed by atoms with Crippen LogP contribution in [0.1, 0.15) is 19.4 Å². The van der Waals surface area contributed by atoms with Crippen molar-refractivity contribution in [2.75, 3.05) is 6.54 Å². The van der Waals surface area contributed by atoms with Crippen LogP contribution in [-0.4, -0.2) is 23.2 Å². The lowest BCUT2D eigenvalue weighted by Gasteiger charge is -2.16. The van der Waals surface area contributed by atoms with E-state index in [0.29, 0.717) is 0 Å². The highest BCUT2D eigenvalue weighted by Gasteiger charge is 2.12. The number of amides is 1. The third-order valence-electron chi connectivity index (χ3n) is 2.10. The number of carbonyl (C=O) groups is 1. The molecule has 0 unspecified atom stereocenters. The Labute approximate surface area is 110 Å². The molecule has 2 N–H and O–H groups in total. The Morgan fingerprint density at radius 1 is 1.56 bits per heavy atom. The first kappa shape index (κ1) is 14.7. The van der Waals surface area contributed by atoms with Crippen LogP contribution in [0.4, 0.5) is 4.39 Å². The molecule has 1 amide bonds. The van der Waals surface area contributed by atoms with Gasteiger partial charge in [-0.05, 0) is 32.1 Å². The van der Waals surface area contributed by atoms with Crippen molar-refractivity contribution in [1.82, 2.24) is 5.32 Å². The van der Waals surface area contributed by atoms with E-state index in [9.17, 15) is 14.3 Å². The summed E-state index contributed by atoms with van der Waals surface area (Å²) in [5, 5.41) is 12.1. The molecule has 18 heavy (non-hydrogen) atoms.